The molecule has 1 saturated heterocycles. The summed E-state index contributed by atoms with van der Waals surface area (Å²) in [4.78, 5) is 2.60. The van der Waals surface area contributed by atoms with E-state index in [1.165, 1.54) is 48.2 Å². The fourth-order valence-electron chi connectivity index (χ4n) is 3.96. The van der Waals surface area contributed by atoms with E-state index in [0.717, 1.165) is 6.54 Å². The van der Waals surface area contributed by atoms with Gasteiger partial charge in [0.15, 0.2) is 0 Å². The summed E-state index contributed by atoms with van der Waals surface area (Å²) in [6, 6.07) is 9.07. The molecule has 0 radical (unpaired) electrons. The third-order valence-electron chi connectivity index (χ3n) is 5.57. The van der Waals surface area contributed by atoms with Gasteiger partial charge in [-0.15, -0.1) is 0 Å². The highest BCUT2D eigenvalue weighted by molar-refractivity contribution is 5.55. The molecule has 1 heterocycles. The van der Waals surface area contributed by atoms with Crippen molar-refractivity contribution in [3.05, 3.63) is 57.7 Å². The Morgan fingerprint density at radius 2 is 1.48 bits per heavy atom. The van der Waals surface area contributed by atoms with Crippen LogP contribution in [-0.2, 0) is 6.54 Å². The first kappa shape index (κ1) is 14.6. The van der Waals surface area contributed by atoms with E-state index in [9.17, 15) is 0 Å². The summed E-state index contributed by atoms with van der Waals surface area (Å²) in [5, 5.41) is 0. The van der Waals surface area contributed by atoms with E-state index in [0.29, 0.717) is 5.92 Å². The lowest BCUT2D eigenvalue weighted by molar-refractivity contribution is 0.330. The molecule has 3 rings (SSSR count). The van der Waals surface area contributed by atoms with Crippen LogP contribution >= 0.6 is 0 Å². The first-order chi connectivity index (χ1) is 10.1. The number of hydrogen-bond donors (Lipinski definition) is 0. The van der Waals surface area contributed by atoms with Crippen LogP contribution in [0, 0.1) is 0 Å². The lowest BCUT2D eigenvalue weighted by Gasteiger charge is -2.23. The molecular weight excluding hydrogens is 254 g/mol. The first-order valence-electron chi connectivity index (χ1n) is 8.25. The average Bonchev–Trinajstić information content (AvgIpc) is 3.05. The van der Waals surface area contributed by atoms with Gasteiger partial charge in [0.25, 0.3) is 0 Å². The van der Waals surface area contributed by atoms with Crippen molar-refractivity contribution >= 4 is 0 Å². The molecule has 1 aromatic carbocycles. The van der Waals surface area contributed by atoms with Crippen LogP contribution in [0.3, 0.4) is 0 Å². The van der Waals surface area contributed by atoms with Crippen molar-refractivity contribution in [3.63, 3.8) is 0 Å². The Hall–Kier alpha value is -1.34. The van der Waals surface area contributed by atoms with E-state index in [1.54, 1.807) is 11.1 Å². The van der Waals surface area contributed by atoms with Crippen molar-refractivity contribution in [1.29, 1.82) is 0 Å². The molecule has 0 aromatic heterocycles. The zero-order chi connectivity index (χ0) is 15.0. The molecule has 1 heteroatoms. The Balaban J connectivity index is 1.96. The summed E-state index contributed by atoms with van der Waals surface area (Å²) in [7, 11) is 0. The van der Waals surface area contributed by atoms with Gasteiger partial charge >= 0.3 is 0 Å². The summed E-state index contributed by atoms with van der Waals surface area (Å²) in [6.07, 6.45) is 2.73. The van der Waals surface area contributed by atoms with Crippen LogP contribution in [0.25, 0.3) is 0 Å². The van der Waals surface area contributed by atoms with Gasteiger partial charge in [0.1, 0.15) is 0 Å². The Kier molecular flexibility index (Phi) is 4.03. The van der Waals surface area contributed by atoms with Crippen molar-refractivity contribution in [3.8, 4) is 0 Å². The van der Waals surface area contributed by atoms with Gasteiger partial charge in [0.05, 0.1) is 0 Å². The molecule has 1 nitrogen and oxygen atoms in total. The molecule has 112 valence electrons. The van der Waals surface area contributed by atoms with Gasteiger partial charge in [-0.3, -0.25) is 4.90 Å². The SMILES string of the molecule is CC1=C(C)C(c2ccccc2CN2CCCC2)C(C)=C1C. The second-order valence-electron chi connectivity index (χ2n) is 6.73. The van der Waals surface area contributed by atoms with Crippen LogP contribution in [-0.4, -0.2) is 18.0 Å². The average molecular weight is 281 g/mol. The molecule has 1 fully saturated rings. The summed E-state index contributed by atoms with van der Waals surface area (Å²) in [5.74, 6) is 0.504. The molecule has 0 atom stereocenters. The smallest absolute Gasteiger partial charge is 0.0267 e. The summed E-state index contributed by atoms with van der Waals surface area (Å²) in [6.45, 7) is 12.8. The number of likely N-dealkylation sites (tertiary alicyclic amines) is 1. The number of allylic oxidation sites excluding steroid dienone is 4. The van der Waals surface area contributed by atoms with Crippen LogP contribution in [0.2, 0.25) is 0 Å². The molecule has 0 amide bonds. The third kappa shape index (κ3) is 2.60. The number of nitrogens with zero attached hydrogens (tertiary/aromatic N) is 1. The Morgan fingerprint density at radius 3 is 2.10 bits per heavy atom. The molecule has 21 heavy (non-hydrogen) atoms. The molecule has 2 aliphatic rings. The van der Waals surface area contributed by atoms with Crippen LogP contribution < -0.4 is 0 Å². The minimum Gasteiger partial charge on any atom is -0.299 e. The summed E-state index contributed by atoms with van der Waals surface area (Å²) in [5.41, 5.74) is 9.11. The zero-order valence-corrected chi connectivity index (χ0v) is 13.9. The molecule has 0 saturated carbocycles. The molecule has 1 aliphatic carbocycles. The predicted molar refractivity (Wildman–Crippen MR) is 90.4 cm³/mol. The highest BCUT2D eigenvalue weighted by Crippen LogP contribution is 2.44. The fourth-order valence-corrected chi connectivity index (χ4v) is 3.96. The number of benzene rings is 1. The van der Waals surface area contributed by atoms with Gasteiger partial charge in [-0.2, -0.15) is 0 Å². The quantitative estimate of drug-likeness (QED) is 0.749. The summed E-state index contributed by atoms with van der Waals surface area (Å²) < 4.78 is 0. The molecule has 0 spiro atoms. The van der Waals surface area contributed by atoms with Crippen molar-refractivity contribution in [2.24, 2.45) is 0 Å². The molecule has 1 aliphatic heterocycles. The van der Waals surface area contributed by atoms with Gasteiger partial charge in [-0.05, 0) is 75.9 Å². The lowest BCUT2D eigenvalue weighted by Crippen LogP contribution is -2.20. The van der Waals surface area contributed by atoms with Gasteiger partial charge in [-0.1, -0.05) is 35.4 Å². The van der Waals surface area contributed by atoms with E-state index in [4.69, 9.17) is 0 Å². The van der Waals surface area contributed by atoms with Crippen LogP contribution in [0.5, 0.6) is 0 Å². The Morgan fingerprint density at radius 1 is 0.905 bits per heavy atom. The maximum atomic E-state index is 2.60. The second kappa shape index (κ2) is 5.81. The third-order valence-corrected chi connectivity index (χ3v) is 5.57. The zero-order valence-electron chi connectivity index (χ0n) is 13.9. The lowest BCUT2D eigenvalue weighted by atomic mass is 9.86. The number of hydrogen-bond acceptors (Lipinski definition) is 1. The summed E-state index contributed by atoms with van der Waals surface area (Å²) >= 11 is 0. The van der Waals surface area contributed by atoms with Crippen LogP contribution in [0.15, 0.2) is 46.6 Å². The highest BCUT2D eigenvalue weighted by Gasteiger charge is 2.27. The minimum atomic E-state index is 0.504. The standard InChI is InChI=1S/C20H27N/c1-14-15(2)17(4)20(16(14)3)19-10-6-5-9-18(19)13-21-11-7-8-12-21/h5-6,9-10,20H,7-8,11-13H2,1-4H3. The van der Waals surface area contributed by atoms with Gasteiger partial charge in [0, 0.05) is 12.5 Å². The van der Waals surface area contributed by atoms with Crippen molar-refractivity contribution in [1.82, 2.24) is 4.90 Å². The maximum Gasteiger partial charge on any atom is 0.0267 e. The van der Waals surface area contributed by atoms with Crippen LogP contribution in [0.4, 0.5) is 0 Å². The van der Waals surface area contributed by atoms with E-state index in [-0.39, 0.29) is 0 Å². The van der Waals surface area contributed by atoms with Gasteiger partial charge in [-0.25, -0.2) is 0 Å². The second-order valence-corrected chi connectivity index (χ2v) is 6.73. The molecular formula is C20H27N. The normalized spacial score (nSPS) is 21.0. The molecule has 0 N–H and O–H groups in total. The Bertz CT molecular complexity index is 576. The first-order valence-corrected chi connectivity index (χ1v) is 8.25. The molecule has 1 aromatic rings. The Labute approximate surface area is 129 Å². The van der Waals surface area contributed by atoms with Crippen LogP contribution in [0.1, 0.15) is 57.6 Å². The number of rotatable bonds is 3. The predicted octanol–water partition coefficient (Wildman–Crippen LogP) is 5.05. The minimum absolute atomic E-state index is 0.504. The van der Waals surface area contributed by atoms with E-state index >= 15 is 0 Å². The van der Waals surface area contributed by atoms with E-state index in [1.807, 2.05) is 0 Å². The van der Waals surface area contributed by atoms with Crippen molar-refractivity contribution < 1.29 is 0 Å². The van der Waals surface area contributed by atoms with Crippen molar-refractivity contribution in [2.45, 2.75) is 53.0 Å². The monoisotopic (exact) mass is 281 g/mol. The topological polar surface area (TPSA) is 3.24 Å². The highest BCUT2D eigenvalue weighted by atomic mass is 15.1. The van der Waals surface area contributed by atoms with Gasteiger partial charge < -0.3 is 0 Å². The van der Waals surface area contributed by atoms with Gasteiger partial charge in [0.2, 0.25) is 0 Å². The largest absolute Gasteiger partial charge is 0.299 e. The van der Waals surface area contributed by atoms with Crippen molar-refractivity contribution in [2.75, 3.05) is 13.1 Å². The molecule has 0 unspecified atom stereocenters. The maximum absolute atomic E-state index is 2.60. The molecule has 0 bridgehead atoms. The fraction of sp³-hybridized carbons (Fsp3) is 0.500. The van der Waals surface area contributed by atoms with E-state index in [2.05, 4.69) is 56.9 Å². The van der Waals surface area contributed by atoms with E-state index < -0.39 is 0 Å².